The summed E-state index contributed by atoms with van der Waals surface area (Å²) in [6.45, 7) is 0. The van der Waals surface area contributed by atoms with Crippen molar-refractivity contribution in [2.45, 2.75) is 0 Å². The maximum Gasteiger partial charge on any atom is 0.0961 e. The minimum atomic E-state index is 0.993. The summed E-state index contributed by atoms with van der Waals surface area (Å²) in [5.41, 5.74) is 4.37. The summed E-state index contributed by atoms with van der Waals surface area (Å²) >= 11 is 0. The fourth-order valence-electron chi connectivity index (χ4n) is 2.76. The van der Waals surface area contributed by atoms with Crippen LogP contribution in [0.3, 0.4) is 0 Å². The third-order valence-corrected chi connectivity index (χ3v) is 3.75. The molecule has 0 aliphatic heterocycles. The molecular formula is C19H14N2. The topological polar surface area (TPSA) is 28.7 Å². The molecule has 0 aliphatic carbocycles. The van der Waals surface area contributed by atoms with Crippen LogP contribution in [0.4, 0.5) is 0 Å². The van der Waals surface area contributed by atoms with E-state index in [-0.39, 0.29) is 0 Å². The van der Waals surface area contributed by atoms with Gasteiger partial charge in [-0.3, -0.25) is 0 Å². The Kier molecular flexibility index (Phi) is 2.79. The zero-order valence-electron chi connectivity index (χ0n) is 11.5. The normalized spacial score (nSPS) is 10.9. The first-order valence-corrected chi connectivity index (χ1v) is 7.00. The summed E-state index contributed by atoms with van der Waals surface area (Å²) in [5, 5.41) is 2.48. The van der Waals surface area contributed by atoms with Gasteiger partial charge in [-0.2, -0.15) is 0 Å². The van der Waals surface area contributed by atoms with Crippen molar-refractivity contribution in [2.75, 3.05) is 0 Å². The van der Waals surface area contributed by atoms with E-state index in [9.17, 15) is 0 Å². The molecule has 1 N–H and O–H groups in total. The molecule has 0 aliphatic rings. The SMILES string of the molecule is c1ccc(-c2nc[nH]c2-c2cccc3ccccc23)cc1. The van der Waals surface area contributed by atoms with E-state index in [0.29, 0.717) is 0 Å². The molecule has 4 rings (SSSR count). The smallest absolute Gasteiger partial charge is 0.0961 e. The third-order valence-electron chi connectivity index (χ3n) is 3.75. The van der Waals surface area contributed by atoms with Gasteiger partial charge < -0.3 is 4.98 Å². The highest BCUT2D eigenvalue weighted by atomic mass is 14.9. The van der Waals surface area contributed by atoms with Crippen LogP contribution in [0.1, 0.15) is 0 Å². The van der Waals surface area contributed by atoms with Crippen LogP contribution in [0, 0.1) is 0 Å². The fourth-order valence-corrected chi connectivity index (χ4v) is 2.76. The Balaban J connectivity index is 1.97. The lowest BCUT2D eigenvalue weighted by Crippen LogP contribution is -1.85. The first kappa shape index (κ1) is 11.9. The van der Waals surface area contributed by atoms with Gasteiger partial charge in [0, 0.05) is 11.1 Å². The van der Waals surface area contributed by atoms with Crippen molar-refractivity contribution in [2.24, 2.45) is 0 Å². The van der Waals surface area contributed by atoms with Gasteiger partial charge in [0.25, 0.3) is 0 Å². The molecule has 0 radical (unpaired) electrons. The van der Waals surface area contributed by atoms with Crippen LogP contribution in [0.15, 0.2) is 79.1 Å². The van der Waals surface area contributed by atoms with Gasteiger partial charge in [-0.15, -0.1) is 0 Å². The lowest BCUT2D eigenvalue weighted by Gasteiger charge is -2.07. The molecule has 1 heterocycles. The van der Waals surface area contributed by atoms with Gasteiger partial charge in [-0.1, -0.05) is 72.8 Å². The van der Waals surface area contributed by atoms with Crippen LogP contribution in [-0.2, 0) is 0 Å². The monoisotopic (exact) mass is 270 g/mol. The van der Waals surface area contributed by atoms with Crippen LogP contribution < -0.4 is 0 Å². The van der Waals surface area contributed by atoms with Crippen molar-refractivity contribution in [1.82, 2.24) is 9.97 Å². The second-order valence-electron chi connectivity index (χ2n) is 5.02. The Morgan fingerprint density at radius 1 is 0.714 bits per heavy atom. The summed E-state index contributed by atoms with van der Waals surface area (Å²) in [6.07, 6.45) is 1.76. The Labute approximate surface area is 123 Å². The quantitative estimate of drug-likeness (QED) is 0.551. The van der Waals surface area contributed by atoms with Gasteiger partial charge in [0.15, 0.2) is 0 Å². The van der Waals surface area contributed by atoms with Crippen molar-refractivity contribution in [1.29, 1.82) is 0 Å². The summed E-state index contributed by atoms with van der Waals surface area (Å²) in [4.78, 5) is 7.82. The van der Waals surface area contributed by atoms with Crippen molar-refractivity contribution >= 4 is 10.8 Å². The minimum absolute atomic E-state index is 0.993. The first-order valence-electron chi connectivity index (χ1n) is 7.00. The number of imidazole rings is 1. The fraction of sp³-hybridized carbons (Fsp3) is 0. The maximum absolute atomic E-state index is 4.51. The molecule has 2 heteroatoms. The van der Waals surface area contributed by atoms with Gasteiger partial charge in [0.2, 0.25) is 0 Å². The second kappa shape index (κ2) is 4.91. The predicted molar refractivity (Wildman–Crippen MR) is 87.0 cm³/mol. The summed E-state index contributed by atoms with van der Waals surface area (Å²) in [7, 11) is 0. The Bertz CT molecular complexity index is 886. The van der Waals surface area contributed by atoms with Gasteiger partial charge in [0.1, 0.15) is 0 Å². The molecule has 2 nitrogen and oxygen atoms in total. The average molecular weight is 270 g/mol. The Hall–Kier alpha value is -2.87. The highest BCUT2D eigenvalue weighted by Gasteiger charge is 2.12. The zero-order chi connectivity index (χ0) is 14.1. The molecule has 0 unspecified atom stereocenters. The van der Waals surface area contributed by atoms with Gasteiger partial charge in [-0.25, -0.2) is 4.98 Å². The highest BCUT2D eigenvalue weighted by molar-refractivity contribution is 5.98. The molecule has 100 valence electrons. The number of rotatable bonds is 2. The summed E-state index contributed by atoms with van der Waals surface area (Å²) in [5.74, 6) is 0. The third kappa shape index (κ3) is 2.01. The largest absolute Gasteiger partial charge is 0.344 e. The van der Waals surface area contributed by atoms with Crippen molar-refractivity contribution < 1.29 is 0 Å². The molecule has 4 aromatic rings. The highest BCUT2D eigenvalue weighted by Crippen LogP contribution is 2.33. The predicted octanol–water partition coefficient (Wildman–Crippen LogP) is 4.90. The molecule has 0 bridgehead atoms. The van der Waals surface area contributed by atoms with Gasteiger partial charge in [-0.05, 0) is 10.8 Å². The molecule has 0 amide bonds. The molecule has 1 aromatic heterocycles. The van der Waals surface area contributed by atoms with Crippen LogP contribution >= 0.6 is 0 Å². The molecule has 0 atom stereocenters. The maximum atomic E-state index is 4.51. The van der Waals surface area contributed by atoms with E-state index in [1.807, 2.05) is 18.2 Å². The number of nitrogens with one attached hydrogen (secondary N) is 1. The molecule has 0 saturated carbocycles. The molecule has 0 saturated heterocycles. The number of hydrogen-bond donors (Lipinski definition) is 1. The molecule has 0 spiro atoms. The lowest BCUT2D eigenvalue weighted by molar-refractivity contribution is 1.31. The van der Waals surface area contributed by atoms with Crippen LogP contribution in [0.2, 0.25) is 0 Å². The number of benzene rings is 3. The first-order chi connectivity index (χ1) is 10.4. The number of aromatic nitrogens is 2. The van der Waals surface area contributed by atoms with E-state index < -0.39 is 0 Å². The van der Waals surface area contributed by atoms with Crippen LogP contribution in [0.5, 0.6) is 0 Å². The Morgan fingerprint density at radius 3 is 2.38 bits per heavy atom. The molecule has 21 heavy (non-hydrogen) atoms. The van der Waals surface area contributed by atoms with Crippen LogP contribution in [-0.4, -0.2) is 9.97 Å². The van der Waals surface area contributed by atoms with Crippen LogP contribution in [0.25, 0.3) is 33.3 Å². The van der Waals surface area contributed by atoms with E-state index in [1.54, 1.807) is 6.33 Å². The molecule has 3 aromatic carbocycles. The van der Waals surface area contributed by atoms with E-state index in [4.69, 9.17) is 0 Å². The van der Waals surface area contributed by atoms with E-state index >= 15 is 0 Å². The standard InChI is InChI=1S/C19H14N2/c1-2-8-15(9-3-1)18-19(21-13-20-18)17-12-6-10-14-7-4-5-11-16(14)17/h1-13H,(H,20,21). The number of nitrogens with zero attached hydrogens (tertiary/aromatic N) is 1. The molecular weight excluding hydrogens is 256 g/mol. The van der Waals surface area contributed by atoms with Gasteiger partial charge >= 0.3 is 0 Å². The number of fused-ring (bicyclic) bond motifs is 1. The van der Waals surface area contributed by atoms with E-state index in [2.05, 4.69) is 64.6 Å². The lowest BCUT2D eigenvalue weighted by atomic mass is 9.99. The van der Waals surface area contributed by atoms with E-state index in [1.165, 1.54) is 16.3 Å². The number of hydrogen-bond acceptors (Lipinski definition) is 1. The molecule has 0 fully saturated rings. The van der Waals surface area contributed by atoms with Gasteiger partial charge in [0.05, 0.1) is 17.7 Å². The average Bonchev–Trinajstić information content (AvgIpc) is 3.04. The zero-order valence-corrected chi connectivity index (χ0v) is 11.5. The number of H-pyrrole nitrogens is 1. The second-order valence-corrected chi connectivity index (χ2v) is 5.02. The summed E-state index contributed by atoms with van der Waals surface area (Å²) < 4.78 is 0. The van der Waals surface area contributed by atoms with Crippen molar-refractivity contribution in [3.05, 3.63) is 79.1 Å². The minimum Gasteiger partial charge on any atom is -0.344 e. The van der Waals surface area contributed by atoms with Crippen molar-refractivity contribution in [3.63, 3.8) is 0 Å². The Morgan fingerprint density at radius 2 is 1.48 bits per heavy atom. The van der Waals surface area contributed by atoms with Crippen molar-refractivity contribution in [3.8, 4) is 22.5 Å². The summed E-state index contributed by atoms with van der Waals surface area (Å²) in [6, 6.07) is 25.1. The number of aromatic amines is 1. The van der Waals surface area contributed by atoms with E-state index in [0.717, 1.165) is 17.0 Å².